The zero-order valence-electron chi connectivity index (χ0n) is 9.32. The van der Waals surface area contributed by atoms with E-state index < -0.39 is 0 Å². The third kappa shape index (κ3) is 2.60. The monoisotopic (exact) mass is 266 g/mol. The van der Waals surface area contributed by atoms with E-state index in [1.165, 1.54) is 0 Å². The highest BCUT2D eigenvalue weighted by Gasteiger charge is 2.14. The van der Waals surface area contributed by atoms with Crippen molar-refractivity contribution in [1.82, 2.24) is 4.98 Å². The predicted octanol–water partition coefficient (Wildman–Crippen LogP) is 3.74. The average Bonchev–Trinajstić information content (AvgIpc) is 2.32. The molecular weight excluding hydrogens is 255 g/mol. The Morgan fingerprint density at radius 3 is 2.71 bits per heavy atom. The van der Waals surface area contributed by atoms with E-state index in [0.717, 1.165) is 16.7 Å². The van der Waals surface area contributed by atoms with Gasteiger partial charge in [0.1, 0.15) is 0 Å². The highest BCUT2D eigenvalue weighted by Crippen LogP contribution is 2.31. The maximum atomic E-state index is 6.17. The zero-order valence-corrected chi connectivity index (χ0v) is 10.8. The molecule has 2 N–H and O–H groups in total. The van der Waals surface area contributed by atoms with E-state index in [0.29, 0.717) is 10.0 Å². The van der Waals surface area contributed by atoms with Gasteiger partial charge < -0.3 is 5.73 Å². The fourth-order valence-corrected chi connectivity index (χ4v) is 2.11. The molecule has 0 saturated heterocycles. The van der Waals surface area contributed by atoms with Crippen molar-refractivity contribution in [2.45, 2.75) is 13.0 Å². The highest BCUT2D eigenvalue weighted by molar-refractivity contribution is 6.42. The Labute approximate surface area is 110 Å². The standard InChI is InChI=1S/C13H12Cl2N2/c1-8-5-9(7-17-6-8)13(16)10-3-2-4-11(14)12(10)15/h2-7,13H,16H2,1H3. The topological polar surface area (TPSA) is 38.9 Å². The summed E-state index contributed by atoms with van der Waals surface area (Å²) in [5.41, 5.74) is 8.97. The Bertz CT molecular complexity index is 541. The number of nitrogens with two attached hydrogens (primary N) is 1. The lowest BCUT2D eigenvalue weighted by molar-refractivity contribution is 0.861. The first-order valence-corrected chi connectivity index (χ1v) is 5.96. The summed E-state index contributed by atoms with van der Waals surface area (Å²) in [6.45, 7) is 1.97. The van der Waals surface area contributed by atoms with Gasteiger partial charge in [-0.2, -0.15) is 0 Å². The normalized spacial score (nSPS) is 12.5. The van der Waals surface area contributed by atoms with Gasteiger partial charge in [-0.05, 0) is 29.7 Å². The van der Waals surface area contributed by atoms with Crippen molar-refractivity contribution in [3.05, 3.63) is 63.4 Å². The lowest BCUT2D eigenvalue weighted by atomic mass is 10.0. The second kappa shape index (κ2) is 5.05. The molecule has 2 rings (SSSR count). The molecule has 2 aromatic rings. The molecule has 1 aromatic heterocycles. The van der Waals surface area contributed by atoms with Gasteiger partial charge in [-0.3, -0.25) is 4.98 Å². The zero-order chi connectivity index (χ0) is 12.4. The first-order chi connectivity index (χ1) is 8.09. The molecule has 0 aliphatic heterocycles. The van der Waals surface area contributed by atoms with E-state index in [4.69, 9.17) is 28.9 Å². The number of pyridine rings is 1. The van der Waals surface area contributed by atoms with E-state index in [1.54, 1.807) is 18.5 Å². The van der Waals surface area contributed by atoms with Crippen molar-refractivity contribution in [1.29, 1.82) is 0 Å². The SMILES string of the molecule is Cc1cncc(C(N)c2cccc(Cl)c2Cl)c1. The average molecular weight is 267 g/mol. The minimum Gasteiger partial charge on any atom is -0.320 e. The highest BCUT2D eigenvalue weighted by atomic mass is 35.5. The number of hydrogen-bond acceptors (Lipinski definition) is 2. The van der Waals surface area contributed by atoms with Crippen LogP contribution in [0.1, 0.15) is 22.7 Å². The van der Waals surface area contributed by atoms with Crippen LogP contribution in [0.4, 0.5) is 0 Å². The molecule has 0 bridgehead atoms. The third-order valence-corrected chi connectivity index (χ3v) is 3.41. The van der Waals surface area contributed by atoms with Crippen LogP contribution >= 0.6 is 23.2 Å². The number of hydrogen-bond donors (Lipinski definition) is 1. The summed E-state index contributed by atoms with van der Waals surface area (Å²) < 4.78 is 0. The fourth-order valence-electron chi connectivity index (χ4n) is 1.69. The summed E-state index contributed by atoms with van der Waals surface area (Å²) in [5.74, 6) is 0. The molecule has 0 saturated carbocycles. The van der Waals surface area contributed by atoms with Gasteiger partial charge in [0.05, 0.1) is 16.1 Å². The molecule has 1 unspecified atom stereocenters. The molecule has 0 fully saturated rings. The van der Waals surface area contributed by atoms with Gasteiger partial charge in [-0.25, -0.2) is 0 Å². The largest absolute Gasteiger partial charge is 0.320 e. The molecule has 0 radical (unpaired) electrons. The van der Waals surface area contributed by atoms with Gasteiger partial charge in [0, 0.05) is 12.4 Å². The van der Waals surface area contributed by atoms with Crippen LogP contribution in [0.2, 0.25) is 10.0 Å². The number of aryl methyl sites for hydroxylation is 1. The maximum absolute atomic E-state index is 6.17. The van der Waals surface area contributed by atoms with Gasteiger partial charge in [-0.1, -0.05) is 41.4 Å². The molecule has 0 spiro atoms. The first-order valence-electron chi connectivity index (χ1n) is 5.20. The molecule has 2 nitrogen and oxygen atoms in total. The van der Waals surface area contributed by atoms with Gasteiger partial charge in [0.15, 0.2) is 0 Å². The van der Waals surface area contributed by atoms with Crippen molar-refractivity contribution >= 4 is 23.2 Å². The molecule has 0 amide bonds. The lowest BCUT2D eigenvalue weighted by Gasteiger charge is -2.14. The molecular formula is C13H12Cl2N2. The minimum atomic E-state index is -0.311. The van der Waals surface area contributed by atoms with Crippen LogP contribution in [0.3, 0.4) is 0 Å². The van der Waals surface area contributed by atoms with Crippen molar-refractivity contribution in [3.8, 4) is 0 Å². The van der Waals surface area contributed by atoms with Crippen LogP contribution in [0.5, 0.6) is 0 Å². The molecule has 1 heterocycles. The van der Waals surface area contributed by atoms with Crippen LogP contribution in [-0.4, -0.2) is 4.98 Å². The Kier molecular flexibility index (Phi) is 3.67. The summed E-state index contributed by atoms with van der Waals surface area (Å²) in [6.07, 6.45) is 3.53. The van der Waals surface area contributed by atoms with Crippen LogP contribution in [-0.2, 0) is 0 Å². The molecule has 0 aliphatic carbocycles. The Balaban J connectivity index is 2.44. The van der Waals surface area contributed by atoms with Crippen LogP contribution < -0.4 is 5.73 Å². The summed E-state index contributed by atoms with van der Waals surface area (Å²) in [7, 11) is 0. The van der Waals surface area contributed by atoms with E-state index in [2.05, 4.69) is 4.98 Å². The van der Waals surface area contributed by atoms with Gasteiger partial charge in [0.2, 0.25) is 0 Å². The molecule has 88 valence electrons. The number of benzene rings is 1. The van der Waals surface area contributed by atoms with E-state index in [1.807, 2.05) is 25.1 Å². The second-order valence-corrected chi connectivity index (χ2v) is 4.70. The minimum absolute atomic E-state index is 0.311. The van der Waals surface area contributed by atoms with E-state index in [9.17, 15) is 0 Å². The first kappa shape index (κ1) is 12.4. The molecule has 1 atom stereocenters. The quantitative estimate of drug-likeness (QED) is 0.900. The summed E-state index contributed by atoms with van der Waals surface area (Å²) in [5, 5.41) is 1.02. The Morgan fingerprint density at radius 1 is 1.24 bits per heavy atom. The van der Waals surface area contributed by atoms with Crippen molar-refractivity contribution in [2.75, 3.05) is 0 Å². The summed E-state index contributed by atoms with van der Waals surface area (Å²) >= 11 is 12.1. The molecule has 17 heavy (non-hydrogen) atoms. The van der Waals surface area contributed by atoms with Crippen molar-refractivity contribution in [2.24, 2.45) is 5.73 Å². The van der Waals surface area contributed by atoms with E-state index >= 15 is 0 Å². The Morgan fingerprint density at radius 2 is 2.00 bits per heavy atom. The van der Waals surface area contributed by atoms with Crippen molar-refractivity contribution < 1.29 is 0 Å². The van der Waals surface area contributed by atoms with Crippen molar-refractivity contribution in [3.63, 3.8) is 0 Å². The summed E-state index contributed by atoms with van der Waals surface area (Å²) in [6, 6.07) is 7.14. The van der Waals surface area contributed by atoms with Crippen LogP contribution in [0, 0.1) is 6.92 Å². The Hall–Kier alpha value is -1.09. The number of nitrogens with zero attached hydrogens (tertiary/aromatic N) is 1. The maximum Gasteiger partial charge on any atom is 0.0643 e. The van der Waals surface area contributed by atoms with Gasteiger partial charge in [0.25, 0.3) is 0 Å². The smallest absolute Gasteiger partial charge is 0.0643 e. The fraction of sp³-hybridized carbons (Fsp3) is 0.154. The molecule has 4 heteroatoms. The van der Waals surface area contributed by atoms with Crippen LogP contribution in [0.15, 0.2) is 36.7 Å². The summed E-state index contributed by atoms with van der Waals surface area (Å²) in [4.78, 5) is 4.13. The van der Waals surface area contributed by atoms with Crippen LogP contribution in [0.25, 0.3) is 0 Å². The lowest BCUT2D eigenvalue weighted by Crippen LogP contribution is -2.13. The number of rotatable bonds is 2. The van der Waals surface area contributed by atoms with E-state index in [-0.39, 0.29) is 6.04 Å². The number of halogens is 2. The second-order valence-electron chi connectivity index (χ2n) is 3.92. The number of aromatic nitrogens is 1. The third-order valence-electron chi connectivity index (χ3n) is 2.57. The van der Waals surface area contributed by atoms with Gasteiger partial charge in [-0.15, -0.1) is 0 Å². The molecule has 1 aromatic carbocycles. The predicted molar refractivity (Wildman–Crippen MR) is 71.5 cm³/mol. The van der Waals surface area contributed by atoms with Gasteiger partial charge >= 0.3 is 0 Å². The molecule has 0 aliphatic rings.